The Bertz CT molecular complexity index is 339. The summed E-state index contributed by atoms with van der Waals surface area (Å²) in [5.41, 5.74) is 1.93. The zero-order valence-corrected chi connectivity index (χ0v) is 8.14. The highest BCUT2D eigenvalue weighted by atomic mass is 16.6. The van der Waals surface area contributed by atoms with Crippen molar-refractivity contribution in [3.8, 4) is 0 Å². The summed E-state index contributed by atoms with van der Waals surface area (Å²) in [6.07, 6.45) is 0. The first-order valence-electron chi connectivity index (χ1n) is 4.19. The highest BCUT2D eigenvalue weighted by Gasteiger charge is 2.11. The van der Waals surface area contributed by atoms with Gasteiger partial charge in [0.25, 0.3) is 0 Å². The molecular weight excluding hydrogens is 181 g/mol. The van der Waals surface area contributed by atoms with Gasteiger partial charge in [-0.1, -0.05) is 29.4 Å². The fourth-order valence-electron chi connectivity index (χ4n) is 1.11. The first-order chi connectivity index (χ1) is 6.65. The van der Waals surface area contributed by atoms with Crippen molar-refractivity contribution < 1.29 is 14.9 Å². The molecule has 0 fully saturated rings. The number of hydrogen-bond acceptors (Lipinski definition) is 4. The van der Waals surface area contributed by atoms with Gasteiger partial charge in [0.05, 0.1) is 5.71 Å². The van der Waals surface area contributed by atoms with Crippen LogP contribution in [-0.2, 0) is 4.84 Å². The molecule has 0 saturated heterocycles. The smallest absolute Gasteiger partial charge is 0.423 e. The van der Waals surface area contributed by atoms with E-state index in [1.807, 2.05) is 6.07 Å². The van der Waals surface area contributed by atoms with Crippen LogP contribution in [0, 0.1) is 0 Å². The molecule has 0 aromatic heterocycles. The van der Waals surface area contributed by atoms with E-state index in [-0.39, 0.29) is 0 Å². The molecule has 2 N–H and O–H groups in total. The van der Waals surface area contributed by atoms with E-state index in [0.717, 1.165) is 5.56 Å². The first-order valence-corrected chi connectivity index (χ1v) is 4.19. The zero-order chi connectivity index (χ0) is 10.6. The van der Waals surface area contributed by atoms with Crippen LogP contribution in [0.15, 0.2) is 29.4 Å². The molecule has 0 aliphatic rings. The lowest BCUT2D eigenvalue weighted by Crippen LogP contribution is -2.30. The summed E-state index contributed by atoms with van der Waals surface area (Å²) in [4.78, 5) is 4.62. The van der Waals surface area contributed by atoms with Gasteiger partial charge >= 0.3 is 7.12 Å². The molecule has 4 nitrogen and oxygen atoms in total. The molecule has 0 saturated carbocycles. The SMILES string of the molecule is CON=C(C)c1cccc(B(O)O)c1. The van der Waals surface area contributed by atoms with Crippen LogP contribution in [0.2, 0.25) is 0 Å². The summed E-state index contributed by atoms with van der Waals surface area (Å²) in [5.74, 6) is 0. The Morgan fingerprint density at radius 3 is 2.71 bits per heavy atom. The first kappa shape index (κ1) is 10.8. The number of nitrogens with zero attached hydrogens (tertiary/aromatic N) is 1. The van der Waals surface area contributed by atoms with Crippen molar-refractivity contribution in [3.05, 3.63) is 29.8 Å². The average Bonchev–Trinajstić information content (AvgIpc) is 2.18. The van der Waals surface area contributed by atoms with E-state index in [1.165, 1.54) is 7.11 Å². The third-order valence-electron chi connectivity index (χ3n) is 1.83. The van der Waals surface area contributed by atoms with Gasteiger partial charge in [-0.25, -0.2) is 0 Å². The number of rotatable bonds is 3. The topological polar surface area (TPSA) is 62.0 Å². The van der Waals surface area contributed by atoms with Gasteiger partial charge in [-0.15, -0.1) is 0 Å². The number of oxime groups is 1. The van der Waals surface area contributed by atoms with Crippen molar-refractivity contribution in [2.24, 2.45) is 5.16 Å². The van der Waals surface area contributed by atoms with Crippen molar-refractivity contribution in [2.75, 3.05) is 7.11 Å². The van der Waals surface area contributed by atoms with Crippen LogP contribution >= 0.6 is 0 Å². The van der Waals surface area contributed by atoms with Gasteiger partial charge in [-0.05, 0) is 17.9 Å². The molecule has 1 aromatic rings. The van der Waals surface area contributed by atoms with Crippen LogP contribution in [0.4, 0.5) is 0 Å². The van der Waals surface area contributed by atoms with Crippen molar-refractivity contribution in [3.63, 3.8) is 0 Å². The summed E-state index contributed by atoms with van der Waals surface area (Å²) >= 11 is 0. The van der Waals surface area contributed by atoms with Crippen LogP contribution in [0.3, 0.4) is 0 Å². The lowest BCUT2D eigenvalue weighted by Gasteiger charge is -2.03. The lowest BCUT2D eigenvalue weighted by molar-refractivity contribution is 0.213. The molecule has 0 spiro atoms. The van der Waals surface area contributed by atoms with Crippen LogP contribution in [0.1, 0.15) is 12.5 Å². The normalized spacial score (nSPS) is 11.3. The van der Waals surface area contributed by atoms with Gasteiger partial charge in [-0.3, -0.25) is 0 Å². The summed E-state index contributed by atoms with van der Waals surface area (Å²) in [6.45, 7) is 1.78. The second-order valence-electron chi connectivity index (χ2n) is 2.86. The Hall–Kier alpha value is -1.33. The van der Waals surface area contributed by atoms with Crippen molar-refractivity contribution in [1.29, 1.82) is 0 Å². The second kappa shape index (κ2) is 4.78. The monoisotopic (exact) mass is 193 g/mol. The Morgan fingerprint density at radius 2 is 2.14 bits per heavy atom. The van der Waals surface area contributed by atoms with Gasteiger partial charge in [0.15, 0.2) is 0 Å². The minimum Gasteiger partial charge on any atom is -0.423 e. The van der Waals surface area contributed by atoms with Crippen molar-refractivity contribution >= 4 is 18.3 Å². The third-order valence-corrected chi connectivity index (χ3v) is 1.83. The Morgan fingerprint density at radius 1 is 1.43 bits per heavy atom. The molecule has 1 rings (SSSR count). The van der Waals surface area contributed by atoms with Crippen LogP contribution in [0.25, 0.3) is 0 Å². The molecule has 1 aromatic carbocycles. The van der Waals surface area contributed by atoms with E-state index in [2.05, 4.69) is 9.99 Å². The molecular formula is C9H12BNO3. The third kappa shape index (κ3) is 2.58. The highest BCUT2D eigenvalue weighted by Crippen LogP contribution is 2.00. The second-order valence-corrected chi connectivity index (χ2v) is 2.86. The number of benzene rings is 1. The maximum absolute atomic E-state index is 8.94. The Kier molecular flexibility index (Phi) is 3.68. The standard InChI is InChI=1S/C9H12BNO3/c1-7(11-14-2)8-4-3-5-9(6-8)10(12)13/h3-6,12-13H,1-2H3. The predicted octanol–water partition coefficient (Wildman–Crippen LogP) is -0.263. The van der Waals surface area contributed by atoms with E-state index >= 15 is 0 Å². The molecule has 0 unspecified atom stereocenters. The quantitative estimate of drug-likeness (QED) is 0.394. The van der Waals surface area contributed by atoms with Gasteiger partial charge in [0, 0.05) is 0 Å². The number of hydrogen-bond donors (Lipinski definition) is 2. The molecule has 0 amide bonds. The van der Waals surface area contributed by atoms with Crippen LogP contribution < -0.4 is 5.46 Å². The fourth-order valence-corrected chi connectivity index (χ4v) is 1.11. The largest absolute Gasteiger partial charge is 0.488 e. The van der Waals surface area contributed by atoms with Gasteiger partial charge in [0.2, 0.25) is 0 Å². The van der Waals surface area contributed by atoms with Crippen LogP contribution in [0.5, 0.6) is 0 Å². The van der Waals surface area contributed by atoms with Gasteiger partial charge < -0.3 is 14.9 Å². The highest BCUT2D eigenvalue weighted by molar-refractivity contribution is 6.58. The fraction of sp³-hybridized carbons (Fsp3) is 0.222. The van der Waals surface area contributed by atoms with E-state index in [4.69, 9.17) is 10.0 Å². The maximum Gasteiger partial charge on any atom is 0.488 e. The molecule has 14 heavy (non-hydrogen) atoms. The van der Waals surface area contributed by atoms with E-state index in [1.54, 1.807) is 25.1 Å². The molecule has 0 heterocycles. The zero-order valence-electron chi connectivity index (χ0n) is 8.14. The predicted molar refractivity (Wildman–Crippen MR) is 55.5 cm³/mol. The molecule has 0 radical (unpaired) electrons. The van der Waals surface area contributed by atoms with Crippen molar-refractivity contribution in [2.45, 2.75) is 6.92 Å². The van der Waals surface area contributed by atoms with Crippen LogP contribution in [-0.4, -0.2) is 30.0 Å². The molecule has 0 aliphatic carbocycles. The minimum atomic E-state index is -1.45. The minimum absolute atomic E-state index is 0.438. The summed E-state index contributed by atoms with van der Waals surface area (Å²) in [5, 5.41) is 21.6. The Labute approximate surface area is 83.0 Å². The molecule has 0 atom stereocenters. The molecule has 74 valence electrons. The lowest BCUT2D eigenvalue weighted by atomic mass is 9.79. The molecule has 0 bridgehead atoms. The summed E-state index contributed by atoms with van der Waals surface area (Å²) in [7, 11) is 0.0131. The van der Waals surface area contributed by atoms with Gasteiger partial charge in [0.1, 0.15) is 7.11 Å². The van der Waals surface area contributed by atoms with E-state index < -0.39 is 7.12 Å². The van der Waals surface area contributed by atoms with E-state index in [0.29, 0.717) is 11.2 Å². The van der Waals surface area contributed by atoms with Crippen molar-refractivity contribution in [1.82, 2.24) is 0 Å². The average molecular weight is 193 g/mol. The maximum atomic E-state index is 8.94. The van der Waals surface area contributed by atoms with Gasteiger partial charge in [-0.2, -0.15) is 0 Å². The Balaban J connectivity index is 2.99. The molecule has 0 aliphatic heterocycles. The summed E-state index contributed by atoms with van der Waals surface area (Å²) < 4.78 is 0. The molecule has 5 heteroatoms. The van der Waals surface area contributed by atoms with E-state index in [9.17, 15) is 0 Å². The summed E-state index contributed by atoms with van der Waals surface area (Å²) in [6, 6.07) is 6.85.